The van der Waals surface area contributed by atoms with E-state index in [1.165, 1.54) is 59.5 Å². The molecule has 0 saturated carbocycles. The van der Waals surface area contributed by atoms with E-state index in [1.807, 2.05) is 177 Å². The maximum absolute atomic E-state index is 13.6. The third-order valence-electron chi connectivity index (χ3n) is 21.4. The number of anilines is 2. The van der Waals surface area contributed by atoms with Crippen molar-refractivity contribution in [2.45, 2.75) is 101 Å². The number of esters is 1. The van der Waals surface area contributed by atoms with Crippen molar-refractivity contribution in [3.63, 3.8) is 0 Å². The second-order valence-corrected chi connectivity index (χ2v) is 36.5. The van der Waals surface area contributed by atoms with Gasteiger partial charge in [-0.3, -0.25) is 9.69 Å². The number of methoxy groups -OCH3 is 1. The van der Waals surface area contributed by atoms with Crippen LogP contribution < -0.4 is 20.5 Å². The van der Waals surface area contributed by atoms with Gasteiger partial charge in [0.25, 0.3) is 11.1 Å². The zero-order valence-electron chi connectivity index (χ0n) is 68.1. The summed E-state index contributed by atoms with van der Waals surface area (Å²) < 4.78 is 105. The fourth-order valence-corrected chi connectivity index (χ4v) is 20.4. The summed E-state index contributed by atoms with van der Waals surface area (Å²) in [6.45, 7) is 8.19. The summed E-state index contributed by atoms with van der Waals surface area (Å²) in [7, 11) is -5.40. The molecule has 15 aromatic rings. The van der Waals surface area contributed by atoms with Crippen LogP contribution in [0.4, 0.5) is 19.5 Å². The van der Waals surface area contributed by atoms with Crippen molar-refractivity contribution in [2.24, 2.45) is 0 Å². The molecular formula is C95H91ClF2N10O10S5. The number of sulfonamides is 2. The molecule has 6 N–H and O–H groups in total. The molecule has 1 aliphatic carbocycles. The van der Waals surface area contributed by atoms with Gasteiger partial charge in [-0.25, -0.2) is 40.1 Å². The number of nitrogens with zero attached hydrogens (tertiary/aromatic N) is 5. The Balaban J connectivity index is 0.000000137. The number of thioether (sulfide) groups is 1. The normalized spacial score (nSPS) is 13.5. The number of likely N-dealkylation sites (tertiary alicyclic amines) is 1. The van der Waals surface area contributed by atoms with Crippen LogP contribution >= 0.6 is 46.0 Å². The Morgan fingerprint density at radius 3 is 2.24 bits per heavy atom. The van der Waals surface area contributed by atoms with Gasteiger partial charge < -0.3 is 39.3 Å². The van der Waals surface area contributed by atoms with Crippen LogP contribution in [0.1, 0.15) is 106 Å². The Kier molecular flexibility index (Phi) is 29.3. The lowest BCUT2D eigenvalue weighted by atomic mass is 9.95. The van der Waals surface area contributed by atoms with E-state index in [0.717, 1.165) is 144 Å². The first kappa shape index (κ1) is 87.8. The quantitative estimate of drug-likeness (QED) is 0.0191. The van der Waals surface area contributed by atoms with Crippen molar-refractivity contribution in [3.05, 3.63) is 297 Å². The van der Waals surface area contributed by atoms with E-state index in [2.05, 4.69) is 53.9 Å². The number of carbonyl (C=O) groups is 2. The molecule has 9 aromatic carbocycles. The molecule has 1 unspecified atom stereocenters. The number of nitrogens with two attached hydrogens (primary N) is 1. The van der Waals surface area contributed by atoms with Gasteiger partial charge >= 0.3 is 5.97 Å². The van der Waals surface area contributed by atoms with E-state index in [0.29, 0.717) is 70.5 Å². The molecule has 1 amide bonds. The molecule has 0 bridgehead atoms. The van der Waals surface area contributed by atoms with Crippen LogP contribution in [0.25, 0.3) is 77.5 Å². The van der Waals surface area contributed by atoms with Crippen LogP contribution in [-0.2, 0) is 56.9 Å². The van der Waals surface area contributed by atoms with E-state index in [-0.39, 0.29) is 53.2 Å². The first-order chi connectivity index (χ1) is 59.7. The zero-order chi connectivity index (χ0) is 86.0. The Morgan fingerprint density at radius 1 is 0.772 bits per heavy atom. The smallest absolute Gasteiger partial charge is 0.339 e. The molecule has 7 heterocycles. The van der Waals surface area contributed by atoms with Gasteiger partial charge in [0.15, 0.2) is 12.4 Å². The number of nitrogen functional groups attached to an aromatic ring is 1. The standard InChI is InChI=1S/C31H37FN4O3S2.C26H24N2O3S.C23H15FN2O3S.C15H15ClN2OS/c1-4-36(26-17-18-35(21-26)22(2)23-9-13-25(32)14-10-23)41(37,38)20-6-7-28-30(24-11-15-27(39-3)16-12-24)34-31(33-28)29-8-5-19-40-29;1-2-18-11-13-20(14-12-18)32(29,30)27-16-15-22-21-8-4-5-9-23(21)28-26(22)25-17-19-7-3-6-10-24(19)31-25;24-18-12-10-17(11-13-18)22(27)28-14-3-4-15-30-23-26-25-21(29-23)20-9-5-7-16-6-1-2-8-19(16)20;16-9-4-3-5-10(8-9)18-15(19)13-11-6-1-2-7-12(11)20-14(13)17/h5,8-16,19,22,26H,4,6-7,17-18,20-21H2,1-3H3,(H,33,34);3-14,17,27-28H,2,15-16H2,1H3;1-2,5-13H,14-15H2;3-5,8H,1-2,6-7,17H2,(H,18,19)/t22?,26-;;;/m1.../s1. The molecule has 28 heteroatoms. The third-order valence-corrected chi connectivity index (χ3v) is 27.9. The van der Waals surface area contributed by atoms with Crippen LogP contribution in [0.15, 0.2) is 255 Å². The topological polar surface area (TPSA) is 274 Å². The van der Waals surface area contributed by atoms with Crippen LogP contribution in [0, 0.1) is 23.5 Å². The molecule has 1 saturated heterocycles. The number of rotatable bonds is 26. The lowest BCUT2D eigenvalue weighted by Crippen LogP contribution is -2.43. The monoisotopic (exact) mass is 1760 g/mol. The van der Waals surface area contributed by atoms with Crippen LogP contribution in [-0.4, -0.2) is 121 Å². The Bertz CT molecular complexity index is 6410. The van der Waals surface area contributed by atoms with Crippen LogP contribution in [0.2, 0.25) is 5.02 Å². The second-order valence-electron chi connectivity index (χ2n) is 29.3. The van der Waals surface area contributed by atoms with Crippen molar-refractivity contribution in [1.82, 2.24) is 39.1 Å². The molecular weight excluding hydrogens is 1670 g/mol. The highest BCUT2D eigenvalue weighted by atomic mass is 35.5. The SMILES string of the molecule is CCN([C@@H]1CCN(C(C)c2ccc(F)cc2)C1)S(=O)(=O)CCCc1[nH]c(-c2cccs2)nc1-c1ccc(OC)cc1.CCc1ccc(S(=O)(=O)NCCc2c(-c3cc4ccccc4o3)[nH]c3ccccc23)cc1.Nc1sc2c(c1C(=O)Nc1cccc(Cl)c1)CCCC2.O=C(OCC#CCSc1nnc(-c2cccc3ccccc23)o1)c1ccc(F)cc1. The summed E-state index contributed by atoms with van der Waals surface area (Å²) in [5, 5.41) is 19.0. The number of aromatic nitrogens is 5. The Labute approximate surface area is 730 Å². The minimum absolute atomic E-state index is 0.0537. The first-order valence-corrected chi connectivity index (χ1v) is 46.6. The predicted octanol–water partition coefficient (Wildman–Crippen LogP) is 21.1. The number of amides is 1. The van der Waals surface area contributed by atoms with E-state index < -0.39 is 31.8 Å². The number of para-hydroxylation sites is 2. The van der Waals surface area contributed by atoms with E-state index >= 15 is 0 Å². The molecule has 1 aliphatic heterocycles. The number of halogens is 3. The maximum Gasteiger partial charge on any atom is 0.339 e. The fraction of sp³-hybridized carbons (Fsp3) is 0.232. The van der Waals surface area contributed by atoms with Gasteiger partial charge in [-0.15, -0.1) is 32.9 Å². The number of benzene rings is 9. The lowest BCUT2D eigenvalue weighted by molar-refractivity contribution is 0.0556. The predicted molar refractivity (Wildman–Crippen MR) is 489 cm³/mol. The summed E-state index contributed by atoms with van der Waals surface area (Å²) in [6.07, 6.45) is 7.52. The second kappa shape index (κ2) is 41.1. The molecule has 6 aromatic heterocycles. The van der Waals surface area contributed by atoms with Gasteiger partial charge in [0.05, 0.1) is 55.9 Å². The molecule has 123 heavy (non-hydrogen) atoms. The Hall–Kier alpha value is -11.6. The highest BCUT2D eigenvalue weighted by Gasteiger charge is 2.36. The third kappa shape index (κ3) is 22.1. The highest BCUT2D eigenvalue weighted by Crippen LogP contribution is 2.39. The molecule has 632 valence electrons. The zero-order valence-corrected chi connectivity index (χ0v) is 72.9. The number of nitrogens with one attached hydrogen (secondary N) is 4. The number of likely N-dealkylation sites (N-methyl/N-ethyl adjacent to an activating group) is 1. The van der Waals surface area contributed by atoms with Gasteiger partial charge in [0.1, 0.15) is 28.8 Å². The minimum Gasteiger partial charge on any atom is -0.497 e. The van der Waals surface area contributed by atoms with Crippen molar-refractivity contribution >= 4 is 121 Å². The maximum atomic E-state index is 13.6. The van der Waals surface area contributed by atoms with Gasteiger partial charge in [-0.05, 0) is 224 Å². The van der Waals surface area contributed by atoms with Gasteiger partial charge in [0.2, 0.25) is 25.9 Å². The van der Waals surface area contributed by atoms with Crippen LogP contribution in [0.5, 0.6) is 5.75 Å². The number of thiophene rings is 2. The number of fused-ring (bicyclic) bond motifs is 4. The molecule has 0 radical (unpaired) electrons. The van der Waals surface area contributed by atoms with E-state index in [1.54, 1.807) is 70.5 Å². The van der Waals surface area contributed by atoms with Crippen molar-refractivity contribution in [1.29, 1.82) is 0 Å². The molecule has 2 aliphatic rings. The van der Waals surface area contributed by atoms with Crippen molar-refractivity contribution < 1.29 is 53.5 Å². The van der Waals surface area contributed by atoms with E-state index in [4.69, 9.17) is 40.6 Å². The number of H-pyrrole nitrogens is 2. The number of aryl methyl sites for hydroxylation is 3. The number of ether oxygens (including phenoxy) is 2. The van der Waals surface area contributed by atoms with Crippen molar-refractivity contribution in [3.8, 4) is 62.5 Å². The number of imidazole rings is 1. The van der Waals surface area contributed by atoms with Crippen LogP contribution in [0.3, 0.4) is 0 Å². The average Bonchev–Trinajstić information content (AvgIpc) is 1.63. The molecule has 1 fully saturated rings. The van der Waals surface area contributed by atoms with Gasteiger partial charge in [-0.2, -0.15) is 4.31 Å². The number of aromatic amines is 2. The molecule has 2 atom stereocenters. The van der Waals surface area contributed by atoms with Gasteiger partial charge in [-0.1, -0.05) is 158 Å². The van der Waals surface area contributed by atoms with Crippen molar-refractivity contribution in [2.75, 3.05) is 62.5 Å². The first-order valence-electron chi connectivity index (χ1n) is 40.4. The summed E-state index contributed by atoms with van der Waals surface area (Å²) >= 11 is 10.4. The number of furan rings is 1. The fourth-order valence-electron chi connectivity index (χ4n) is 15.1. The average molecular weight is 1770 g/mol. The number of carbonyl (C=O) groups excluding carboxylic acids is 2. The van der Waals surface area contributed by atoms with Gasteiger partial charge in [0, 0.05) is 87.0 Å². The minimum atomic E-state index is -3.57. The highest BCUT2D eigenvalue weighted by molar-refractivity contribution is 7.99. The van der Waals surface area contributed by atoms with E-state index in [9.17, 15) is 35.2 Å². The summed E-state index contributed by atoms with van der Waals surface area (Å²) in [6, 6.07) is 69.5. The summed E-state index contributed by atoms with van der Waals surface area (Å²) in [5.74, 6) is 7.53. The largest absolute Gasteiger partial charge is 0.497 e. The summed E-state index contributed by atoms with van der Waals surface area (Å²) in [5.41, 5.74) is 18.3. The Morgan fingerprint density at radius 2 is 1.50 bits per heavy atom. The molecule has 17 rings (SSSR count). The lowest BCUT2D eigenvalue weighted by Gasteiger charge is -2.29. The number of hydrogen-bond acceptors (Lipinski definition) is 18. The summed E-state index contributed by atoms with van der Waals surface area (Å²) in [4.78, 5) is 40.9. The molecule has 0 spiro atoms. The number of hydrogen-bond donors (Lipinski definition) is 5. The molecule has 20 nitrogen and oxygen atoms in total.